The second-order valence-electron chi connectivity index (χ2n) is 13.7. The summed E-state index contributed by atoms with van der Waals surface area (Å²) in [6.07, 6.45) is -5.00. The maximum atomic E-state index is 15.9. The molecule has 45 heavy (non-hydrogen) atoms. The quantitative estimate of drug-likeness (QED) is 0.0896. The Morgan fingerprint density at radius 2 is 0.778 bits per heavy atom. The van der Waals surface area contributed by atoms with Crippen LogP contribution in [-0.2, 0) is 4.65 Å². The van der Waals surface area contributed by atoms with Crippen molar-refractivity contribution in [2.24, 2.45) is 0 Å². The van der Waals surface area contributed by atoms with Crippen molar-refractivity contribution in [2.75, 3.05) is 0 Å². The van der Waals surface area contributed by atoms with E-state index in [1.165, 1.54) is 6.07 Å². The molecule has 3 aromatic carbocycles. The smallest absolute Gasteiger partial charge is 0.406 e. The summed E-state index contributed by atoms with van der Waals surface area (Å²) in [6, 6.07) is 5.18. The molecule has 0 aromatic heterocycles. The standard InChI is InChI=1S/C31H32BF10O2P/c1-29(2,3)45(30(4,5)6,31(7,8)9)28(43)44-32(15-13-11-10-12-14-15,16-18(33)22(37)26(41)23(38)19(16)34)17-20(35)24(39)27(42)25(40)21(17)36/h10-14H,1-9H3. The van der Waals surface area contributed by atoms with Gasteiger partial charge in [0.2, 0.25) is 0 Å². The molecule has 0 N–H and O–H groups in total. The van der Waals surface area contributed by atoms with Crippen molar-refractivity contribution < 1.29 is 53.4 Å². The number of rotatable bonds is 5. The van der Waals surface area contributed by atoms with E-state index in [1.54, 1.807) is 62.3 Å². The third-order valence-corrected chi connectivity index (χ3v) is 14.8. The number of benzene rings is 3. The first-order valence-electron chi connectivity index (χ1n) is 13.7. The number of carbonyl (C=O) groups excluding carboxylic acids is 1. The van der Waals surface area contributed by atoms with Crippen molar-refractivity contribution in [3.05, 3.63) is 88.5 Å². The Labute approximate surface area is 255 Å². The van der Waals surface area contributed by atoms with Crippen LogP contribution in [0.5, 0.6) is 0 Å². The zero-order valence-electron chi connectivity index (χ0n) is 26.0. The van der Waals surface area contributed by atoms with Gasteiger partial charge in [-0.05, 0) is 62.3 Å². The van der Waals surface area contributed by atoms with Gasteiger partial charge in [-0.25, -0.2) is 48.7 Å². The van der Waals surface area contributed by atoms with Gasteiger partial charge in [-0.2, -0.15) is 5.46 Å². The van der Waals surface area contributed by atoms with Crippen molar-refractivity contribution in [1.82, 2.24) is 0 Å². The highest BCUT2D eigenvalue weighted by Gasteiger charge is 2.72. The molecule has 0 radical (unpaired) electrons. The molecule has 3 rings (SSSR count). The Bertz CT molecular complexity index is 1490. The summed E-state index contributed by atoms with van der Waals surface area (Å²) in [5, 5.41) is -3.23. The van der Waals surface area contributed by atoms with E-state index in [-0.39, 0.29) is 0 Å². The van der Waals surface area contributed by atoms with E-state index < -0.39 is 109 Å². The Balaban J connectivity index is 2.81. The van der Waals surface area contributed by atoms with Gasteiger partial charge in [0, 0.05) is 0 Å². The van der Waals surface area contributed by atoms with Gasteiger partial charge < -0.3 is 4.65 Å². The van der Waals surface area contributed by atoms with Crippen molar-refractivity contribution in [1.29, 1.82) is 0 Å². The van der Waals surface area contributed by atoms with Crippen LogP contribution in [0.1, 0.15) is 62.3 Å². The number of carbonyl (C=O) groups is 1. The lowest BCUT2D eigenvalue weighted by molar-refractivity contribution is 0.223. The van der Waals surface area contributed by atoms with Crippen LogP contribution in [0.4, 0.5) is 48.7 Å². The van der Waals surface area contributed by atoms with E-state index in [0.29, 0.717) is 0 Å². The van der Waals surface area contributed by atoms with Crippen molar-refractivity contribution in [2.45, 2.75) is 77.8 Å². The van der Waals surface area contributed by atoms with Crippen LogP contribution in [0.3, 0.4) is 0 Å². The lowest BCUT2D eigenvalue weighted by Gasteiger charge is -2.54. The third-order valence-electron chi connectivity index (χ3n) is 8.14. The van der Waals surface area contributed by atoms with E-state index in [9.17, 15) is 31.1 Å². The summed E-state index contributed by atoms with van der Waals surface area (Å²) in [5.41, 5.74) is -6.35. The SMILES string of the molecule is CC(C)(C)[P+](C(=O)O[B-](c1ccccc1)(c1c(F)c(F)c(F)c(F)c1F)c1c(F)c(F)c(F)c(F)c1F)(C(C)(C)C)C(C)(C)C. The molecule has 2 nitrogen and oxygen atoms in total. The van der Waals surface area contributed by atoms with E-state index in [4.69, 9.17) is 4.65 Å². The lowest BCUT2D eigenvalue weighted by Crippen LogP contribution is -2.74. The first kappa shape index (κ1) is 36.4. The van der Waals surface area contributed by atoms with Crippen LogP contribution in [0, 0.1) is 58.2 Å². The maximum Gasteiger partial charge on any atom is 0.406 e. The van der Waals surface area contributed by atoms with E-state index >= 15 is 17.6 Å². The predicted molar refractivity (Wildman–Crippen MR) is 156 cm³/mol. The fraction of sp³-hybridized carbons (Fsp3) is 0.387. The Hall–Kier alpha value is -3.08. The highest BCUT2D eigenvalue weighted by molar-refractivity contribution is 7.94. The molecule has 0 aliphatic rings. The van der Waals surface area contributed by atoms with Crippen molar-refractivity contribution in [3.63, 3.8) is 0 Å². The molecule has 0 bridgehead atoms. The minimum atomic E-state index is -5.00. The number of halogens is 10. The summed E-state index contributed by atoms with van der Waals surface area (Å²) < 4.78 is 157. The first-order valence-corrected chi connectivity index (χ1v) is 15.5. The number of hydrogen-bond donors (Lipinski definition) is 0. The van der Waals surface area contributed by atoms with Crippen LogP contribution in [-0.4, -0.2) is 27.5 Å². The Kier molecular flexibility index (Phi) is 9.40. The summed E-state index contributed by atoms with van der Waals surface area (Å²) in [5.74, 6) is -26.5. The average Bonchev–Trinajstić information content (AvgIpc) is 2.91. The molecular formula is C31H32BF10O2P. The highest BCUT2D eigenvalue weighted by Crippen LogP contribution is 2.84. The van der Waals surface area contributed by atoms with Gasteiger partial charge in [-0.1, -0.05) is 41.3 Å². The van der Waals surface area contributed by atoms with Gasteiger partial charge in [-0.3, -0.25) is 0 Å². The molecular weight excluding hydrogens is 636 g/mol. The second kappa shape index (κ2) is 11.6. The van der Waals surface area contributed by atoms with Crippen molar-refractivity contribution in [3.8, 4) is 0 Å². The van der Waals surface area contributed by atoms with E-state index in [1.807, 2.05) is 0 Å². The van der Waals surface area contributed by atoms with Gasteiger partial charge >= 0.3 is 5.71 Å². The van der Waals surface area contributed by atoms with Gasteiger partial charge in [0.25, 0.3) is 6.35 Å². The van der Waals surface area contributed by atoms with Crippen LogP contribution in [0.2, 0.25) is 0 Å². The summed E-state index contributed by atoms with van der Waals surface area (Å²) >= 11 is 0. The monoisotopic (exact) mass is 668 g/mol. The molecule has 0 aliphatic heterocycles. The molecule has 0 saturated heterocycles. The van der Waals surface area contributed by atoms with Gasteiger partial charge in [0.05, 0.1) is 15.5 Å². The van der Waals surface area contributed by atoms with Gasteiger partial charge in [0.15, 0.2) is 34.9 Å². The van der Waals surface area contributed by atoms with Crippen LogP contribution in [0.25, 0.3) is 0 Å². The molecule has 0 spiro atoms. The molecule has 0 saturated carbocycles. The van der Waals surface area contributed by atoms with Crippen LogP contribution >= 0.6 is 7.26 Å². The summed E-state index contributed by atoms with van der Waals surface area (Å²) in [7, 11) is -3.58. The third kappa shape index (κ3) is 5.23. The highest BCUT2D eigenvalue weighted by atomic mass is 31.2. The molecule has 0 fully saturated rings. The topological polar surface area (TPSA) is 26.3 Å². The average molecular weight is 668 g/mol. The van der Waals surface area contributed by atoms with Crippen LogP contribution in [0.15, 0.2) is 30.3 Å². The van der Waals surface area contributed by atoms with Gasteiger partial charge in [0.1, 0.15) is 30.5 Å². The van der Waals surface area contributed by atoms with E-state index in [2.05, 4.69) is 0 Å². The van der Waals surface area contributed by atoms with Gasteiger partial charge in [-0.15, -0.1) is 0 Å². The zero-order chi connectivity index (χ0) is 34.8. The second-order valence-corrected chi connectivity index (χ2v) is 19.5. The number of hydrogen-bond acceptors (Lipinski definition) is 2. The molecule has 246 valence electrons. The zero-order valence-corrected chi connectivity index (χ0v) is 26.9. The molecule has 14 heteroatoms. The Morgan fingerprint density at radius 1 is 0.511 bits per heavy atom. The normalized spacial score (nSPS) is 13.3. The van der Waals surface area contributed by atoms with Crippen molar-refractivity contribution >= 4 is 35.7 Å². The fourth-order valence-electron chi connectivity index (χ4n) is 7.42. The largest absolute Gasteiger partial charge is 0.646 e. The predicted octanol–water partition coefficient (Wildman–Crippen LogP) is 8.59. The molecule has 0 aliphatic carbocycles. The maximum absolute atomic E-state index is 15.9. The molecule has 0 unspecified atom stereocenters. The Morgan fingerprint density at radius 3 is 1.04 bits per heavy atom. The molecule has 0 amide bonds. The molecule has 0 heterocycles. The van der Waals surface area contributed by atoms with Crippen LogP contribution < -0.4 is 16.4 Å². The summed E-state index contributed by atoms with van der Waals surface area (Å²) in [6.45, 7) is 14.7. The fourth-order valence-corrected chi connectivity index (χ4v) is 15.4. The van der Waals surface area contributed by atoms with E-state index in [0.717, 1.165) is 24.3 Å². The summed E-state index contributed by atoms with van der Waals surface area (Å²) in [4.78, 5) is 14.9. The molecule has 0 atom stereocenters. The molecule has 3 aromatic rings. The lowest BCUT2D eigenvalue weighted by atomic mass is 9.27. The minimum Gasteiger partial charge on any atom is -0.646 e. The minimum absolute atomic E-state index is 0.813. The first-order chi connectivity index (χ1) is 20.3.